The van der Waals surface area contributed by atoms with Gasteiger partial charge in [-0.15, -0.1) is 0 Å². The highest BCUT2D eigenvalue weighted by atomic mass is 16.5. The Hall–Kier alpha value is -3.00. The predicted molar refractivity (Wildman–Crippen MR) is 121 cm³/mol. The number of aryl methyl sites for hydroxylation is 1. The molecule has 1 aliphatic rings. The second kappa shape index (κ2) is 11.0. The van der Waals surface area contributed by atoms with Crippen molar-refractivity contribution >= 4 is 11.8 Å². The molecule has 2 aromatic rings. The minimum Gasteiger partial charge on any atom is -0.497 e. The van der Waals surface area contributed by atoms with Gasteiger partial charge in [-0.2, -0.15) is 0 Å². The summed E-state index contributed by atoms with van der Waals surface area (Å²) < 4.78 is 17.8. The topological polar surface area (TPSA) is 73.2 Å². The summed E-state index contributed by atoms with van der Waals surface area (Å²) in [5, 5.41) is 0. The highest BCUT2D eigenvalue weighted by molar-refractivity contribution is 5.97. The molecule has 8 nitrogen and oxygen atoms in total. The number of aromatic nitrogens is 1. The summed E-state index contributed by atoms with van der Waals surface area (Å²) in [6.07, 6.45) is 4.61. The number of nitrogens with zero attached hydrogens (tertiary/aromatic N) is 3. The lowest BCUT2D eigenvalue weighted by Gasteiger charge is -2.28. The van der Waals surface area contributed by atoms with Crippen LogP contribution >= 0.6 is 0 Å². The van der Waals surface area contributed by atoms with Gasteiger partial charge in [-0.05, 0) is 43.5 Å². The molecule has 0 atom stereocenters. The number of carbonyl (C=O) groups excluding carboxylic acids is 2. The summed E-state index contributed by atoms with van der Waals surface area (Å²) in [7, 11) is 6.68. The predicted octanol–water partition coefficient (Wildman–Crippen LogP) is 2.71. The second-order valence-corrected chi connectivity index (χ2v) is 8.04. The monoisotopic (exact) mass is 443 g/mol. The largest absolute Gasteiger partial charge is 0.497 e. The van der Waals surface area contributed by atoms with Gasteiger partial charge >= 0.3 is 0 Å². The normalized spacial score (nSPS) is 13.0. The lowest BCUT2D eigenvalue weighted by Crippen LogP contribution is -2.44. The summed E-state index contributed by atoms with van der Waals surface area (Å²) in [6.45, 7) is 1.48. The smallest absolute Gasteiger partial charge is 0.254 e. The molecule has 1 aromatic carbocycles. The van der Waals surface area contributed by atoms with Crippen molar-refractivity contribution in [2.75, 3.05) is 41.0 Å². The summed E-state index contributed by atoms with van der Waals surface area (Å²) in [4.78, 5) is 30.2. The molecular weight excluding hydrogens is 410 g/mol. The van der Waals surface area contributed by atoms with Crippen molar-refractivity contribution in [1.82, 2.24) is 14.4 Å². The Bertz CT molecular complexity index is 900. The van der Waals surface area contributed by atoms with E-state index in [1.54, 1.807) is 44.4 Å². The van der Waals surface area contributed by atoms with Crippen LogP contribution in [0.2, 0.25) is 0 Å². The van der Waals surface area contributed by atoms with Gasteiger partial charge in [0.25, 0.3) is 5.91 Å². The number of carbonyl (C=O) groups is 2. The maximum Gasteiger partial charge on any atom is 0.254 e. The van der Waals surface area contributed by atoms with E-state index in [0.717, 1.165) is 18.5 Å². The lowest BCUT2D eigenvalue weighted by atomic mass is 10.1. The Morgan fingerprint density at radius 3 is 2.31 bits per heavy atom. The van der Waals surface area contributed by atoms with Gasteiger partial charge in [0.05, 0.1) is 20.8 Å². The Labute approximate surface area is 189 Å². The molecule has 1 aromatic heterocycles. The zero-order valence-corrected chi connectivity index (χ0v) is 19.4. The Balaban J connectivity index is 1.79. The van der Waals surface area contributed by atoms with E-state index in [1.165, 1.54) is 0 Å². The molecule has 0 N–H and O–H groups in total. The Morgan fingerprint density at radius 1 is 1.09 bits per heavy atom. The van der Waals surface area contributed by atoms with Crippen molar-refractivity contribution in [2.45, 2.75) is 31.8 Å². The van der Waals surface area contributed by atoms with Crippen molar-refractivity contribution in [3.05, 3.63) is 47.8 Å². The molecule has 0 unspecified atom stereocenters. The van der Waals surface area contributed by atoms with E-state index in [9.17, 15) is 9.59 Å². The van der Waals surface area contributed by atoms with Crippen LogP contribution in [0.15, 0.2) is 36.5 Å². The zero-order chi connectivity index (χ0) is 23.1. The van der Waals surface area contributed by atoms with E-state index in [4.69, 9.17) is 14.2 Å². The number of methoxy groups -OCH3 is 3. The number of benzene rings is 1. The van der Waals surface area contributed by atoms with Gasteiger partial charge in [-0.25, -0.2) is 0 Å². The SMILES string of the molecule is COCCCN(CC(=O)N(Cc1cccn1C)C1CC1)C(=O)c1cc(OC)cc(OC)c1. The van der Waals surface area contributed by atoms with Crippen molar-refractivity contribution in [3.8, 4) is 11.5 Å². The first-order valence-corrected chi connectivity index (χ1v) is 10.9. The van der Waals surface area contributed by atoms with Crippen molar-refractivity contribution < 1.29 is 23.8 Å². The molecule has 0 spiro atoms. The number of hydrogen-bond acceptors (Lipinski definition) is 5. The second-order valence-electron chi connectivity index (χ2n) is 8.04. The third-order valence-corrected chi connectivity index (χ3v) is 5.68. The standard InChI is InChI=1S/C24H33N3O5/c1-25-10-5-7-20(25)16-27(19-8-9-19)23(28)17-26(11-6-12-30-2)24(29)18-13-21(31-3)15-22(14-18)32-4/h5,7,10,13-15,19H,6,8-9,11-12,16-17H2,1-4H3. The maximum atomic E-state index is 13.4. The van der Waals surface area contributed by atoms with E-state index in [0.29, 0.717) is 43.2 Å². The number of amides is 2. The van der Waals surface area contributed by atoms with Gasteiger partial charge in [-0.3, -0.25) is 9.59 Å². The minimum absolute atomic E-state index is 0.0169. The first kappa shape index (κ1) is 23.7. The molecule has 0 bridgehead atoms. The molecule has 8 heteroatoms. The maximum absolute atomic E-state index is 13.4. The van der Waals surface area contributed by atoms with Gasteiger partial charge < -0.3 is 28.6 Å². The van der Waals surface area contributed by atoms with E-state index in [1.807, 2.05) is 34.8 Å². The molecule has 0 saturated heterocycles. The Morgan fingerprint density at radius 2 is 1.78 bits per heavy atom. The fourth-order valence-electron chi connectivity index (χ4n) is 3.66. The molecule has 0 radical (unpaired) electrons. The average molecular weight is 444 g/mol. The minimum atomic E-state index is -0.235. The van der Waals surface area contributed by atoms with Crippen LogP contribution in [0.1, 0.15) is 35.3 Å². The van der Waals surface area contributed by atoms with Gasteiger partial charge in [0.2, 0.25) is 5.91 Å². The molecule has 174 valence electrons. The Kier molecular flexibility index (Phi) is 8.16. The van der Waals surface area contributed by atoms with Crippen LogP contribution in [0, 0.1) is 0 Å². The van der Waals surface area contributed by atoms with E-state index < -0.39 is 0 Å². The fourth-order valence-corrected chi connectivity index (χ4v) is 3.66. The molecule has 1 heterocycles. The van der Waals surface area contributed by atoms with E-state index in [-0.39, 0.29) is 24.4 Å². The lowest BCUT2D eigenvalue weighted by molar-refractivity contribution is -0.133. The van der Waals surface area contributed by atoms with Crippen LogP contribution < -0.4 is 9.47 Å². The average Bonchev–Trinajstić information content (AvgIpc) is 3.57. The first-order chi connectivity index (χ1) is 15.5. The van der Waals surface area contributed by atoms with Crippen molar-refractivity contribution in [1.29, 1.82) is 0 Å². The molecule has 1 saturated carbocycles. The van der Waals surface area contributed by atoms with Crippen LogP contribution in [0.3, 0.4) is 0 Å². The van der Waals surface area contributed by atoms with Crippen LogP contribution in [-0.2, 0) is 23.1 Å². The van der Waals surface area contributed by atoms with Crippen LogP contribution in [-0.4, -0.2) is 73.2 Å². The van der Waals surface area contributed by atoms with Crippen molar-refractivity contribution in [3.63, 3.8) is 0 Å². The molecule has 1 aliphatic carbocycles. The van der Waals surface area contributed by atoms with Gasteiger partial charge in [0.15, 0.2) is 0 Å². The van der Waals surface area contributed by atoms with Gasteiger partial charge in [0, 0.05) is 56.9 Å². The highest BCUT2D eigenvalue weighted by Crippen LogP contribution is 2.29. The zero-order valence-electron chi connectivity index (χ0n) is 19.4. The summed E-state index contributed by atoms with van der Waals surface area (Å²) >= 11 is 0. The number of hydrogen-bond donors (Lipinski definition) is 0. The highest BCUT2D eigenvalue weighted by Gasteiger charge is 2.34. The summed E-state index contributed by atoms with van der Waals surface area (Å²) in [5.41, 5.74) is 1.49. The molecule has 1 fully saturated rings. The van der Waals surface area contributed by atoms with E-state index >= 15 is 0 Å². The van der Waals surface area contributed by atoms with Gasteiger partial charge in [-0.1, -0.05) is 0 Å². The van der Waals surface area contributed by atoms with Gasteiger partial charge in [0.1, 0.15) is 18.0 Å². The summed E-state index contributed by atoms with van der Waals surface area (Å²) in [5.74, 6) is 0.772. The third kappa shape index (κ3) is 6.03. The molecular formula is C24H33N3O5. The van der Waals surface area contributed by atoms with Crippen LogP contribution in [0.25, 0.3) is 0 Å². The van der Waals surface area contributed by atoms with Crippen molar-refractivity contribution in [2.24, 2.45) is 7.05 Å². The van der Waals surface area contributed by atoms with Crippen LogP contribution in [0.5, 0.6) is 11.5 Å². The fraction of sp³-hybridized carbons (Fsp3) is 0.500. The molecule has 3 rings (SSSR count). The van der Waals surface area contributed by atoms with Crippen LogP contribution in [0.4, 0.5) is 0 Å². The molecule has 0 aliphatic heterocycles. The number of ether oxygens (including phenoxy) is 3. The third-order valence-electron chi connectivity index (χ3n) is 5.68. The molecule has 2 amide bonds. The quantitative estimate of drug-likeness (QED) is 0.472. The molecule has 32 heavy (non-hydrogen) atoms. The first-order valence-electron chi connectivity index (χ1n) is 10.9. The summed E-state index contributed by atoms with van der Waals surface area (Å²) in [6, 6.07) is 9.29. The van der Waals surface area contributed by atoms with E-state index in [2.05, 4.69) is 0 Å². The number of rotatable bonds is 12.